The van der Waals surface area contributed by atoms with Crippen molar-refractivity contribution in [1.29, 1.82) is 0 Å². The largest absolute Gasteiger partial charge is 0.508 e. The number of hydrogen-bond donors (Lipinski definition) is 2. The first-order valence-corrected chi connectivity index (χ1v) is 6.29. The molecule has 2 N–H and O–H groups in total. The van der Waals surface area contributed by atoms with Crippen LogP contribution in [0.15, 0.2) is 36.4 Å². The van der Waals surface area contributed by atoms with Crippen molar-refractivity contribution in [2.45, 2.75) is 25.3 Å². The van der Waals surface area contributed by atoms with E-state index >= 15 is 0 Å². The summed E-state index contributed by atoms with van der Waals surface area (Å²) in [5, 5.41) is 15.9. The molecule has 2 heteroatoms. The fourth-order valence-electron chi connectivity index (χ4n) is 2.64. The molecular formula is C15H17NO. The first-order valence-electron chi connectivity index (χ1n) is 6.29. The predicted octanol–water partition coefficient (Wildman–Crippen LogP) is 3.36. The van der Waals surface area contributed by atoms with E-state index in [1.165, 1.54) is 18.2 Å². The standard InChI is InChI=1S/C15H17NO/c17-15-10-12-6-2-1-5-11(12)9-13(15)14-7-3-4-8-16-14/h1-2,5-6,9-10,14,16-17H,3-4,7-8H2/t14-/m0/s1. The minimum Gasteiger partial charge on any atom is -0.508 e. The second-order valence-corrected chi connectivity index (χ2v) is 4.76. The van der Waals surface area contributed by atoms with Crippen LogP contribution in [-0.4, -0.2) is 11.7 Å². The van der Waals surface area contributed by atoms with Crippen LogP contribution < -0.4 is 5.32 Å². The number of rotatable bonds is 1. The molecule has 0 saturated carbocycles. The molecule has 1 saturated heterocycles. The highest BCUT2D eigenvalue weighted by Crippen LogP contribution is 2.33. The van der Waals surface area contributed by atoms with Crippen LogP contribution in [0.4, 0.5) is 0 Å². The second-order valence-electron chi connectivity index (χ2n) is 4.76. The molecule has 2 nitrogen and oxygen atoms in total. The molecule has 1 atom stereocenters. The van der Waals surface area contributed by atoms with E-state index in [9.17, 15) is 5.11 Å². The lowest BCUT2D eigenvalue weighted by atomic mass is 9.94. The minimum absolute atomic E-state index is 0.313. The molecule has 0 unspecified atom stereocenters. The van der Waals surface area contributed by atoms with Crippen LogP contribution in [-0.2, 0) is 0 Å². The fraction of sp³-hybridized carbons (Fsp3) is 0.333. The number of hydrogen-bond acceptors (Lipinski definition) is 2. The van der Waals surface area contributed by atoms with Crippen LogP contribution in [0.5, 0.6) is 5.75 Å². The van der Waals surface area contributed by atoms with E-state index in [0.717, 1.165) is 23.9 Å². The van der Waals surface area contributed by atoms with E-state index in [1.54, 1.807) is 0 Å². The Morgan fingerprint density at radius 2 is 1.82 bits per heavy atom. The third-order valence-corrected chi connectivity index (χ3v) is 3.58. The number of phenolic OH excluding ortho intramolecular Hbond substituents is 1. The molecule has 17 heavy (non-hydrogen) atoms. The SMILES string of the molecule is Oc1cc2ccccc2cc1[C@@H]1CCCCN1. The maximum atomic E-state index is 10.1. The molecule has 88 valence electrons. The van der Waals surface area contributed by atoms with Gasteiger partial charge in [0, 0.05) is 11.6 Å². The van der Waals surface area contributed by atoms with E-state index in [0.29, 0.717) is 11.8 Å². The maximum absolute atomic E-state index is 10.1. The number of nitrogens with one attached hydrogen (secondary N) is 1. The Hall–Kier alpha value is -1.54. The van der Waals surface area contributed by atoms with Gasteiger partial charge in [0.2, 0.25) is 0 Å². The average Bonchev–Trinajstić information content (AvgIpc) is 2.39. The number of phenols is 1. The summed E-state index contributed by atoms with van der Waals surface area (Å²) in [4.78, 5) is 0. The lowest BCUT2D eigenvalue weighted by Gasteiger charge is -2.24. The molecule has 0 spiro atoms. The molecule has 3 rings (SSSR count). The Kier molecular flexibility index (Phi) is 2.73. The van der Waals surface area contributed by atoms with Crippen LogP contribution >= 0.6 is 0 Å². The van der Waals surface area contributed by atoms with Gasteiger partial charge in [-0.15, -0.1) is 0 Å². The third-order valence-electron chi connectivity index (χ3n) is 3.58. The highest BCUT2D eigenvalue weighted by atomic mass is 16.3. The smallest absolute Gasteiger partial charge is 0.120 e. The lowest BCUT2D eigenvalue weighted by Crippen LogP contribution is -2.26. The monoisotopic (exact) mass is 227 g/mol. The van der Waals surface area contributed by atoms with Crippen molar-refractivity contribution >= 4 is 10.8 Å². The highest BCUT2D eigenvalue weighted by Gasteiger charge is 2.18. The van der Waals surface area contributed by atoms with E-state index in [1.807, 2.05) is 24.3 Å². The zero-order valence-corrected chi connectivity index (χ0v) is 9.82. The zero-order valence-electron chi connectivity index (χ0n) is 9.82. The summed E-state index contributed by atoms with van der Waals surface area (Å²) in [5.41, 5.74) is 1.04. The number of piperidine rings is 1. The Balaban J connectivity index is 2.06. The molecule has 0 aromatic heterocycles. The molecule has 0 amide bonds. The summed E-state index contributed by atoms with van der Waals surface area (Å²) in [6, 6.07) is 12.5. The van der Waals surface area contributed by atoms with Gasteiger partial charge in [0.1, 0.15) is 5.75 Å². The summed E-state index contributed by atoms with van der Waals surface area (Å²) in [5.74, 6) is 0.420. The summed E-state index contributed by atoms with van der Waals surface area (Å²) in [6.45, 7) is 1.05. The summed E-state index contributed by atoms with van der Waals surface area (Å²) < 4.78 is 0. The van der Waals surface area contributed by atoms with Crippen LogP contribution in [0, 0.1) is 0 Å². The van der Waals surface area contributed by atoms with Gasteiger partial charge in [0.25, 0.3) is 0 Å². The molecule has 1 aliphatic heterocycles. The molecule has 1 fully saturated rings. The fourth-order valence-corrected chi connectivity index (χ4v) is 2.64. The van der Waals surface area contributed by atoms with Gasteiger partial charge in [-0.1, -0.05) is 30.7 Å². The first kappa shape index (κ1) is 10.6. The molecule has 0 aliphatic carbocycles. The van der Waals surface area contributed by atoms with Gasteiger partial charge in [-0.3, -0.25) is 0 Å². The van der Waals surface area contributed by atoms with Gasteiger partial charge >= 0.3 is 0 Å². The molecule has 2 aromatic rings. The van der Waals surface area contributed by atoms with E-state index in [4.69, 9.17) is 0 Å². The van der Waals surface area contributed by atoms with Gasteiger partial charge in [-0.2, -0.15) is 0 Å². The topological polar surface area (TPSA) is 32.3 Å². The molecule has 0 radical (unpaired) electrons. The first-order chi connectivity index (χ1) is 8.34. The van der Waals surface area contributed by atoms with Crippen molar-refractivity contribution in [3.63, 3.8) is 0 Å². The molecule has 2 aromatic carbocycles. The van der Waals surface area contributed by atoms with Gasteiger partial charge < -0.3 is 10.4 Å². The predicted molar refractivity (Wildman–Crippen MR) is 70.2 cm³/mol. The van der Waals surface area contributed by atoms with Crippen molar-refractivity contribution < 1.29 is 5.11 Å². The van der Waals surface area contributed by atoms with E-state index in [-0.39, 0.29) is 0 Å². The Morgan fingerprint density at radius 3 is 2.53 bits per heavy atom. The van der Waals surface area contributed by atoms with Gasteiger partial charge in [-0.25, -0.2) is 0 Å². The Morgan fingerprint density at radius 1 is 1.06 bits per heavy atom. The molecule has 1 aliphatic rings. The van der Waals surface area contributed by atoms with Gasteiger partial charge in [-0.05, 0) is 42.3 Å². The minimum atomic E-state index is 0.313. The summed E-state index contributed by atoms with van der Waals surface area (Å²) in [7, 11) is 0. The second kappa shape index (κ2) is 4.38. The van der Waals surface area contributed by atoms with Crippen LogP contribution in [0.25, 0.3) is 10.8 Å². The van der Waals surface area contributed by atoms with Crippen molar-refractivity contribution in [1.82, 2.24) is 5.32 Å². The molecular weight excluding hydrogens is 210 g/mol. The molecule has 1 heterocycles. The zero-order chi connectivity index (χ0) is 11.7. The van der Waals surface area contributed by atoms with Crippen molar-refractivity contribution in [2.75, 3.05) is 6.54 Å². The Bertz CT molecular complexity index is 529. The summed E-state index contributed by atoms with van der Waals surface area (Å²) in [6.07, 6.45) is 3.60. The number of fused-ring (bicyclic) bond motifs is 1. The summed E-state index contributed by atoms with van der Waals surface area (Å²) >= 11 is 0. The Labute approximate surface area is 101 Å². The highest BCUT2D eigenvalue weighted by molar-refractivity contribution is 5.85. The van der Waals surface area contributed by atoms with Gasteiger partial charge in [0.15, 0.2) is 0 Å². The van der Waals surface area contributed by atoms with Crippen LogP contribution in [0.1, 0.15) is 30.9 Å². The third kappa shape index (κ3) is 2.01. The lowest BCUT2D eigenvalue weighted by molar-refractivity contribution is 0.391. The van der Waals surface area contributed by atoms with Crippen molar-refractivity contribution in [3.05, 3.63) is 42.0 Å². The number of aromatic hydroxyl groups is 1. The van der Waals surface area contributed by atoms with Crippen molar-refractivity contribution in [3.8, 4) is 5.75 Å². The van der Waals surface area contributed by atoms with Crippen molar-refractivity contribution in [2.24, 2.45) is 0 Å². The molecule has 0 bridgehead atoms. The number of benzene rings is 2. The van der Waals surface area contributed by atoms with E-state index in [2.05, 4.69) is 17.4 Å². The normalized spacial score (nSPS) is 20.6. The average molecular weight is 227 g/mol. The quantitative estimate of drug-likeness (QED) is 0.783. The van der Waals surface area contributed by atoms with Crippen LogP contribution in [0.2, 0.25) is 0 Å². The van der Waals surface area contributed by atoms with Crippen LogP contribution in [0.3, 0.4) is 0 Å². The maximum Gasteiger partial charge on any atom is 0.120 e. The van der Waals surface area contributed by atoms with Gasteiger partial charge in [0.05, 0.1) is 0 Å². The van der Waals surface area contributed by atoms with E-state index < -0.39 is 0 Å².